The molecule has 0 aromatic heterocycles. The molecule has 1 aliphatic rings. The van der Waals surface area contributed by atoms with Gasteiger partial charge in [-0.05, 0) is 25.0 Å². The number of benzene rings is 1. The van der Waals surface area contributed by atoms with E-state index in [1.807, 2.05) is 30.3 Å². The third-order valence-corrected chi connectivity index (χ3v) is 3.33. The predicted molar refractivity (Wildman–Crippen MR) is 68.1 cm³/mol. The van der Waals surface area contributed by atoms with E-state index in [4.69, 9.17) is 0 Å². The normalized spacial score (nSPS) is 20.2. The van der Waals surface area contributed by atoms with E-state index in [9.17, 15) is 10.3 Å². The lowest BCUT2D eigenvalue weighted by Crippen LogP contribution is -2.39. The highest BCUT2D eigenvalue weighted by Gasteiger charge is 2.32. The van der Waals surface area contributed by atoms with Crippen LogP contribution in [0.3, 0.4) is 0 Å². The highest BCUT2D eigenvalue weighted by molar-refractivity contribution is 5.75. The molecule has 17 heavy (non-hydrogen) atoms. The van der Waals surface area contributed by atoms with Crippen molar-refractivity contribution in [1.82, 2.24) is 0 Å². The molecule has 3 heteroatoms. The maximum absolute atomic E-state index is 11.8. The quantitative estimate of drug-likeness (QED) is 0.377. The summed E-state index contributed by atoms with van der Waals surface area (Å²) >= 11 is 0. The van der Waals surface area contributed by atoms with Crippen LogP contribution >= 0.6 is 0 Å². The molecule has 1 aliphatic carbocycles. The van der Waals surface area contributed by atoms with Gasteiger partial charge in [-0.2, -0.15) is 0 Å². The van der Waals surface area contributed by atoms with Crippen molar-refractivity contribution < 1.29 is 9.85 Å². The van der Waals surface area contributed by atoms with Crippen molar-refractivity contribution in [2.45, 2.75) is 37.7 Å². The average molecular weight is 233 g/mol. The molecule has 0 heterocycles. The zero-order valence-corrected chi connectivity index (χ0v) is 10.0. The standard InChI is InChI=1S/C14H19NO2/c16-14(9-5-2-6-10-14)12-15(17)11-13-7-3-1-4-8-13/h1,3-4,7-8,11,16H,2,5-6,9-10,12H2. The second-order valence-corrected chi connectivity index (χ2v) is 4.90. The Kier molecular flexibility index (Phi) is 3.79. The molecule has 1 aromatic carbocycles. The van der Waals surface area contributed by atoms with Gasteiger partial charge in [0.05, 0.1) is 0 Å². The van der Waals surface area contributed by atoms with Crippen LogP contribution in [-0.4, -0.2) is 28.2 Å². The van der Waals surface area contributed by atoms with Gasteiger partial charge in [-0.1, -0.05) is 37.5 Å². The Balaban J connectivity index is 2.01. The molecule has 0 saturated heterocycles. The van der Waals surface area contributed by atoms with Crippen LogP contribution in [-0.2, 0) is 0 Å². The minimum atomic E-state index is -0.786. The summed E-state index contributed by atoms with van der Waals surface area (Å²) in [6.07, 6.45) is 6.25. The summed E-state index contributed by atoms with van der Waals surface area (Å²) in [7, 11) is 0. The van der Waals surface area contributed by atoms with E-state index in [2.05, 4.69) is 0 Å². The first kappa shape index (κ1) is 12.1. The van der Waals surface area contributed by atoms with Crippen molar-refractivity contribution in [3.8, 4) is 0 Å². The van der Waals surface area contributed by atoms with Crippen molar-refractivity contribution in [2.24, 2.45) is 0 Å². The second kappa shape index (κ2) is 5.32. The molecule has 0 amide bonds. The van der Waals surface area contributed by atoms with Crippen LogP contribution in [0.4, 0.5) is 0 Å². The highest BCUT2D eigenvalue weighted by atomic mass is 16.5. The maximum Gasteiger partial charge on any atom is 0.181 e. The van der Waals surface area contributed by atoms with Gasteiger partial charge in [0.2, 0.25) is 0 Å². The summed E-state index contributed by atoms with van der Waals surface area (Å²) in [5, 5.41) is 22.0. The van der Waals surface area contributed by atoms with Crippen LogP contribution in [0, 0.1) is 5.21 Å². The Labute approximate surface area is 102 Å². The van der Waals surface area contributed by atoms with Gasteiger partial charge in [-0.3, -0.25) is 0 Å². The molecular weight excluding hydrogens is 214 g/mol. The van der Waals surface area contributed by atoms with Crippen molar-refractivity contribution >= 4 is 6.21 Å². The number of nitrogens with zero attached hydrogens (tertiary/aromatic N) is 1. The van der Waals surface area contributed by atoms with Gasteiger partial charge in [0.25, 0.3) is 0 Å². The third-order valence-electron chi connectivity index (χ3n) is 3.33. The topological polar surface area (TPSA) is 46.3 Å². The fraction of sp³-hybridized carbons (Fsp3) is 0.500. The van der Waals surface area contributed by atoms with Crippen LogP contribution in [0.1, 0.15) is 37.7 Å². The summed E-state index contributed by atoms with van der Waals surface area (Å²) < 4.78 is 0.862. The van der Waals surface area contributed by atoms with E-state index in [1.54, 1.807) is 6.21 Å². The highest BCUT2D eigenvalue weighted by Crippen LogP contribution is 2.27. The van der Waals surface area contributed by atoms with Crippen LogP contribution in [0.2, 0.25) is 0 Å². The van der Waals surface area contributed by atoms with Crippen LogP contribution < -0.4 is 0 Å². The van der Waals surface area contributed by atoms with E-state index in [-0.39, 0.29) is 6.54 Å². The van der Waals surface area contributed by atoms with Crippen molar-refractivity contribution in [1.29, 1.82) is 0 Å². The largest absolute Gasteiger partial charge is 0.624 e. The zero-order valence-electron chi connectivity index (χ0n) is 10.0. The molecule has 92 valence electrons. The summed E-state index contributed by atoms with van der Waals surface area (Å²) in [5.41, 5.74) is 0.0903. The van der Waals surface area contributed by atoms with E-state index >= 15 is 0 Å². The summed E-state index contributed by atoms with van der Waals surface area (Å²) in [6.45, 7) is 0.182. The van der Waals surface area contributed by atoms with E-state index < -0.39 is 5.60 Å². The summed E-state index contributed by atoms with van der Waals surface area (Å²) in [4.78, 5) is 0. The minimum absolute atomic E-state index is 0.182. The Hall–Kier alpha value is -1.35. The van der Waals surface area contributed by atoms with Gasteiger partial charge in [0, 0.05) is 5.56 Å². The third kappa shape index (κ3) is 3.56. The summed E-state index contributed by atoms with van der Waals surface area (Å²) in [6, 6.07) is 9.48. The Bertz CT molecular complexity index is 380. The van der Waals surface area contributed by atoms with E-state index in [0.717, 1.165) is 36.0 Å². The van der Waals surface area contributed by atoms with Gasteiger partial charge in [-0.15, -0.1) is 0 Å². The molecule has 1 aromatic rings. The maximum atomic E-state index is 11.8. The molecule has 2 rings (SSSR count). The lowest BCUT2D eigenvalue weighted by Gasteiger charge is -2.30. The minimum Gasteiger partial charge on any atom is -0.624 e. The summed E-state index contributed by atoms with van der Waals surface area (Å²) in [5.74, 6) is 0. The zero-order chi connectivity index (χ0) is 12.1. The van der Waals surface area contributed by atoms with Gasteiger partial charge in [0.1, 0.15) is 5.60 Å². The number of hydrogen-bond donors (Lipinski definition) is 1. The van der Waals surface area contributed by atoms with Gasteiger partial charge in [0.15, 0.2) is 12.8 Å². The molecule has 0 radical (unpaired) electrons. The second-order valence-electron chi connectivity index (χ2n) is 4.90. The van der Waals surface area contributed by atoms with E-state index in [0.29, 0.717) is 0 Å². The molecular formula is C14H19NO2. The lowest BCUT2D eigenvalue weighted by atomic mass is 9.85. The fourth-order valence-corrected chi connectivity index (χ4v) is 2.41. The molecule has 0 unspecified atom stereocenters. The van der Waals surface area contributed by atoms with Gasteiger partial charge >= 0.3 is 0 Å². The van der Waals surface area contributed by atoms with Crippen LogP contribution in [0.5, 0.6) is 0 Å². The number of hydrogen-bond acceptors (Lipinski definition) is 2. The first-order valence-corrected chi connectivity index (χ1v) is 6.24. The van der Waals surface area contributed by atoms with Crippen molar-refractivity contribution in [3.63, 3.8) is 0 Å². The lowest BCUT2D eigenvalue weighted by molar-refractivity contribution is -0.476. The first-order chi connectivity index (χ1) is 8.18. The molecule has 0 aliphatic heterocycles. The molecule has 1 N–H and O–H groups in total. The average Bonchev–Trinajstić information content (AvgIpc) is 2.30. The van der Waals surface area contributed by atoms with Gasteiger partial charge in [-0.25, -0.2) is 4.74 Å². The van der Waals surface area contributed by atoms with Crippen molar-refractivity contribution in [3.05, 3.63) is 41.1 Å². The molecule has 0 spiro atoms. The smallest absolute Gasteiger partial charge is 0.181 e. The SMILES string of the molecule is [O-][N+](=Cc1ccccc1)CC1(O)CCCCC1. The van der Waals surface area contributed by atoms with E-state index in [1.165, 1.54) is 6.42 Å². The molecule has 1 fully saturated rings. The van der Waals surface area contributed by atoms with Crippen molar-refractivity contribution in [2.75, 3.05) is 6.54 Å². The molecule has 3 nitrogen and oxygen atoms in total. The molecule has 1 saturated carbocycles. The fourth-order valence-electron chi connectivity index (χ4n) is 2.41. The number of aliphatic hydroxyl groups is 1. The molecule has 0 atom stereocenters. The van der Waals surface area contributed by atoms with Crippen LogP contribution in [0.15, 0.2) is 30.3 Å². The first-order valence-electron chi connectivity index (χ1n) is 6.24. The number of hydroxylamine groups is 1. The van der Waals surface area contributed by atoms with Gasteiger partial charge < -0.3 is 10.3 Å². The molecule has 0 bridgehead atoms. The predicted octanol–water partition coefficient (Wildman–Crippen LogP) is 2.31. The van der Waals surface area contributed by atoms with Crippen LogP contribution in [0.25, 0.3) is 0 Å². The Morgan fingerprint density at radius 2 is 1.82 bits per heavy atom. The monoisotopic (exact) mass is 233 g/mol. The Morgan fingerprint density at radius 3 is 2.47 bits per heavy atom. The number of rotatable bonds is 3. The Morgan fingerprint density at radius 1 is 1.18 bits per heavy atom.